The first-order valence-corrected chi connectivity index (χ1v) is 6.77. The van der Waals surface area contributed by atoms with Gasteiger partial charge in [-0.25, -0.2) is 0 Å². The predicted molar refractivity (Wildman–Crippen MR) is 72.2 cm³/mol. The van der Waals surface area contributed by atoms with Gasteiger partial charge in [-0.05, 0) is 18.5 Å². The summed E-state index contributed by atoms with van der Waals surface area (Å²) in [6.07, 6.45) is 0. The molecule has 0 bridgehead atoms. The molecular weight excluding hydrogens is 266 g/mol. The second kappa shape index (κ2) is 6.10. The predicted octanol–water partition coefficient (Wildman–Crippen LogP) is 1.47. The van der Waals surface area contributed by atoms with E-state index in [1.165, 1.54) is 12.0 Å². The molecule has 0 saturated carbocycles. The van der Waals surface area contributed by atoms with Crippen LogP contribution in [-0.4, -0.2) is 46.6 Å². The number of esters is 1. The van der Waals surface area contributed by atoms with E-state index in [4.69, 9.17) is 0 Å². The highest BCUT2D eigenvalue weighted by molar-refractivity contribution is 7.08. The first kappa shape index (κ1) is 15.6. The van der Waals surface area contributed by atoms with Crippen LogP contribution in [-0.2, 0) is 14.9 Å². The maximum atomic E-state index is 12.4. The summed E-state index contributed by atoms with van der Waals surface area (Å²) in [5.41, 5.74) is 0.397. The average Bonchev–Trinajstić information content (AvgIpc) is 2.83. The van der Waals surface area contributed by atoms with E-state index < -0.39 is 5.97 Å². The van der Waals surface area contributed by atoms with Crippen LogP contribution in [0.1, 0.15) is 43.1 Å². The SMILES string of the molecule is CCN(CC(=O)OC)C(=O)c1snnc1C(C)(C)C. The van der Waals surface area contributed by atoms with Gasteiger partial charge in [-0.15, -0.1) is 5.10 Å². The van der Waals surface area contributed by atoms with Crippen molar-refractivity contribution in [1.29, 1.82) is 0 Å². The lowest BCUT2D eigenvalue weighted by Gasteiger charge is -2.21. The number of hydrogen-bond acceptors (Lipinski definition) is 6. The van der Waals surface area contributed by atoms with E-state index >= 15 is 0 Å². The number of amides is 1. The highest BCUT2D eigenvalue weighted by atomic mass is 32.1. The molecule has 0 unspecified atom stereocenters. The van der Waals surface area contributed by atoms with E-state index in [-0.39, 0.29) is 17.9 Å². The Balaban J connectivity index is 2.99. The summed E-state index contributed by atoms with van der Waals surface area (Å²) in [4.78, 5) is 25.6. The molecule has 0 aliphatic carbocycles. The Morgan fingerprint density at radius 2 is 2.00 bits per heavy atom. The zero-order valence-electron chi connectivity index (χ0n) is 11.9. The van der Waals surface area contributed by atoms with Crippen LogP contribution >= 0.6 is 11.5 Å². The molecule has 0 aliphatic heterocycles. The Kier molecular flexibility index (Phi) is 4.99. The van der Waals surface area contributed by atoms with Crippen LogP contribution in [0.5, 0.6) is 0 Å². The number of hydrogen-bond donors (Lipinski definition) is 0. The molecule has 1 aromatic heterocycles. The normalized spacial score (nSPS) is 11.2. The summed E-state index contributed by atoms with van der Waals surface area (Å²) < 4.78 is 8.44. The van der Waals surface area contributed by atoms with Crippen molar-refractivity contribution in [2.75, 3.05) is 20.2 Å². The van der Waals surface area contributed by atoms with Crippen molar-refractivity contribution in [2.45, 2.75) is 33.1 Å². The fourth-order valence-electron chi connectivity index (χ4n) is 1.51. The van der Waals surface area contributed by atoms with Gasteiger partial charge in [-0.1, -0.05) is 25.3 Å². The standard InChI is InChI=1S/C12H19N3O3S/c1-6-15(7-8(16)18-5)11(17)9-10(12(2,3)4)13-14-19-9/h6-7H2,1-5H3. The van der Waals surface area contributed by atoms with Gasteiger partial charge in [0, 0.05) is 12.0 Å². The summed E-state index contributed by atoms with van der Waals surface area (Å²) in [6, 6.07) is 0. The summed E-state index contributed by atoms with van der Waals surface area (Å²) in [5.74, 6) is -0.669. The van der Waals surface area contributed by atoms with Gasteiger partial charge < -0.3 is 9.64 Å². The molecule has 6 nitrogen and oxygen atoms in total. The Hall–Kier alpha value is -1.50. The van der Waals surface area contributed by atoms with Crippen LogP contribution in [0.4, 0.5) is 0 Å². The van der Waals surface area contributed by atoms with E-state index in [2.05, 4.69) is 14.3 Å². The molecule has 106 valence electrons. The fourth-order valence-corrected chi connectivity index (χ4v) is 2.36. The maximum absolute atomic E-state index is 12.4. The molecule has 19 heavy (non-hydrogen) atoms. The maximum Gasteiger partial charge on any atom is 0.325 e. The van der Waals surface area contributed by atoms with E-state index in [0.717, 1.165) is 11.5 Å². The van der Waals surface area contributed by atoms with E-state index in [9.17, 15) is 9.59 Å². The smallest absolute Gasteiger partial charge is 0.325 e. The van der Waals surface area contributed by atoms with Gasteiger partial charge in [0.15, 0.2) is 0 Å². The van der Waals surface area contributed by atoms with Crippen molar-refractivity contribution in [3.8, 4) is 0 Å². The lowest BCUT2D eigenvalue weighted by molar-refractivity contribution is -0.141. The summed E-state index contributed by atoms with van der Waals surface area (Å²) in [6.45, 7) is 8.08. The van der Waals surface area contributed by atoms with Crippen LogP contribution in [0.2, 0.25) is 0 Å². The molecular formula is C12H19N3O3S. The number of rotatable bonds is 4. The van der Waals surface area contributed by atoms with Crippen molar-refractivity contribution in [3.63, 3.8) is 0 Å². The Morgan fingerprint density at radius 3 is 2.47 bits per heavy atom. The molecule has 0 N–H and O–H groups in total. The van der Waals surface area contributed by atoms with Gasteiger partial charge in [-0.3, -0.25) is 9.59 Å². The summed E-state index contributed by atoms with van der Waals surface area (Å²) in [7, 11) is 1.30. The minimum Gasteiger partial charge on any atom is -0.468 e. The number of methoxy groups -OCH3 is 1. The van der Waals surface area contributed by atoms with Gasteiger partial charge in [0.2, 0.25) is 0 Å². The molecule has 1 amide bonds. The number of aromatic nitrogens is 2. The second-order valence-corrected chi connectivity index (χ2v) is 5.85. The first-order chi connectivity index (χ1) is 8.81. The average molecular weight is 285 g/mol. The largest absolute Gasteiger partial charge is 0.468 e. The molecule has 7 heteroatoms. The lowest BCUT2D eigenvalue weighted by atomic mass is 9.91. The highest BCUT2D eigenvalue weighted by Gasteiger charge is 2.29. The number of likely N-dealkylation sites (N-methyl/N-ethyl adjacent to an activating group) is 1. The minimum atomic E-state index is -0.440. The van der Waals surface area contributed by atoms with Crippen LogP contribution in [0, 0.1) is 0 Å². The van der Waals surface area contributed by atoms with Crippen molar-refractivity contribution in [2.24, 2.45) is 0 Å². The number of ether oxygens (including phenoxy) is 1. The first-order valence-electron chi connectivity index (χ1n) is 6.00. The third-order valence-corrected chi connectivity index (χ3v) is 3.32. The van der Waals surface area contributed by atoms with Crippen LogP contribution in [0.15, 0.2) is 0 Å². The molecule has 0 fully saturated rings. The van der Waals surface area contributed by atoms with E-state index in [1.807, 2.05) is 27.7 Å². The van der Waals surface area contributed by atoms with Gasteiger partial charge >= 0.3 is 5.97 Å². The Morgan fingerprint density at radius 1 is 1.37 bits per heavy atom. The molecule has 1 aromatic rings. The van der Waals surface area contributed by atoms with E-state index in [1.54, 1.807) is 0 Å². The zero-order valence-corrected chi connectivity index (χ0v) is 12.7. The minimum absolute atomic E-state index is 0.0622. The van der Waals surface area contributed by atoms with Crippen LogP contribution in [0.3, 0.4) is 0 Å². The van der Waals surface area contributed by atoms with Crippen molar-refractivity contribution in [1.82, 2.24) is 14.5 Å². The van der Waals surface area contributed by atoms with E-state index in [0.29, 0.717) is 17.1 Å². The third-order valence-electron chi connectivity index (χ3n) is 2.61. The van der Waals surface area contributed by atoms with Gasteiger partial charge in [0.05, 0.1) is 12.8 Å². The number of carbonyl (C=O) groups excluding carboxylic acids is 2. The van der Waals surface area contributed by atoms with Crippen molar-refractivity contribution < 1.29 is 14.3 Å². The van der Waals surface area contributed by atoms with Crippen LogP contribution in [0.25, 0.3) is 0 Å². The second-order valence-electron chi connectivity index (χ2n) is 5.10. The monoisotopic (exact) mass is 285 g/mol. The molecule has 0 atom stereocenters. The molecule has 0 saturated heterocycles. The highest BCUT2D eigenvalue weighted by Crippen LogP contribution is 2.26. The molecule has 1 heterocycles. The third kappa shape index (κ3) is 3.73. The Bertz CT molecular complexity index is 465. The van der Waals surface area contributed by atoms with Crippen molar-refractivity contribution >= 4 is 23.4 Å². The fraction of sp³-hybridized carbons (Fsp3) is 0.667. The summed E-state index contributed by atoms with van der Waals surface area (Å²) >= 11 is 1.06. The Labute approximate surface area is 116 Å². The molecule has 0 spiro atoms. The molecule has 0 aliphatic rings. The zero-order chi connectivity index (χ0) is 14.6. The number of nitrogens with zero attached hydrogens (tertiary/aromatic N) is 3. The van der Waals surface area contributed by atoms with Crippen molar-refractivity contribution in [3.05, 3.63) is 10.6 Å². The van der Waals surface area contributed by atoms with Gasteiger partial charge in [-0.2, -0.15) is 0 Å². The van der Waals surface area contributed by atoms with Gasteiger partial charge in [0.1, 0.15) is 11.4 Å². The molecule has 0 radical (unpaired) electrons. The molecule has 1 rings (SSSR count). The van der Waals surface area contributed by atoms with Gasteiger partial charge in [0.25, 0.3) is 5.91 Å². The van der Waals surface area contributed by atoms with Crippen LogP contribution < -0.4 is 0 Å². The topological polar surface area (TPSA) is 72.4 Å². The number of carbonyl (C=O) groups is 2. The quantitative estimate of drug-likeness (QED) is 0.783. The summed E-state index contributed by atoms with van der Waals surface area (Å²) in [5, 5.41) is 4.03. The lowest BCUT2D eigenvalue weighted by Crippen LogP contribution is -2.36. The molecule has 0 aromatic carbocycles.